The normalized spacial score (nSPS) is 18.3. The fourth-order valence-electron chi connectivity index (χ4n) is 2.95. The number of carbonyl (C=O) groups excluding carboxylic acids is 1. The Labute approximate surface area is 165 Å². The van der Waals surface area contributed by atoms with Gasteiger partial charge in [-0.3, -0.25) is 4.79 Å². The number of fused-ring (bicyclic) bond motifs is 1. The minimum Gasteiger partial charge on any atom is -0.488 e. The molecule has 1 aliphatic rings. The standard InChI is InChI=1S/C18H18F3N3O4S/c1-4-11-9-28-16-14(29(26,27)23-11)8-24(3)15(16)17(25)22-12-6-5-10(2)13(7-12)18(19,20)21/h4-8,11,23H,1,9H2,2-3H3,(H,22,25)/t11-/m1/s1. The average Bonchev–Trinajstić information content (AvgIpc) is 2.90. The topological polar surface area (TPSA) is 89.4 Å². The number of amides is 1. The van der Waals surface area contributed by atoms with Crippen LogP contribution < -0.4 is 14.8 Å². The lowest BCUT2D eigenvalue weighted by Gasteiger charge is -2.14. The Balaban J connectivity index is 1.99. The van der Waals surface area contributed by atoms with E-state index in [4.69, 9.17) is 4.74 Å². The number of hydrogen-bond acceptors (Lipinski definition) is 4. The number of alkyl halides is 3. The van der Waals surface area contributed by atoms with Crippen LogP contribution >= 0.6 is 0 Å². The van der Waals surface area contributed by atoms with Crippen LogP contribution in [0, 0.1) is 6.92 Å². The van der Waals surface area contributed by atoms with E-state index in [0.717, 1.165) is 6.07 Å². The van der Waals surface area contributed by atoms with E-state index < -0.39 is 33.7 Å². The van der Waals surface area contributed by atoms with Gasteiger partial charge in [-0.2, -0.15) is 13.2 Å². The van der Waals surface area contributed by atoms with Crippen molar-refractivity contribution in [1.82, 2.24) is 9.29 Å². The van der Waals surface area contributed by atoms with E-state index in [0.29, 0.717) is 0 Å². The molecule has 0 saturated carbocycles. The van der Waals surface area contributed by atoms with Crippen LogP contribution in [-0.2, 0) is 23.2 Å². The zero-order valence-electron chi connectivity index (χ0n) is 15.5. The molecule has 0 saturated heterocycles. The van der Waals surface area contributed by atoms with Crippen molar-refractivity contribution >= 4 is 21.6 Å². The maximum Gasteiger partial charge on any atom is 0.416 e. The minimum atomic E-state index is -4.57. The molecule has 1 amide bonds. The van der Waals surface area contributed by atoms with Gasteiger partial charge in [-0.15, -0.1) is 6.58 Å². The number of carbonyl (C=O) groups is 1. The number of benzene rings is 1. The summed E-state index contributed by atoms with van der Waals surface area (Å²) in [5.74, 6) is -0.983. The van der Waals surface area contributed by atoms with Crippen molar-refractivity contribution in [2.75, 3.05) is 11.9 Å². The number of rotatable bonds is 3. The number of nitrogens with one attached hydrogen (secondary N) is 2. The average molecular weight is 429 g/mol. The Kier molecular flexibility index (Phi) is 5.22. The first-order valence-electron chi connectivity index (χ1n) is 8.40. The molecular weight excluding hydrogens is 411 g/mol. The molecule has 1 aromatic heterocycles. The van der Waals surface area contributed by atoms with Gasteiger partial charge in [0, 0.05) is 18.9 Å². The predicted molar refractivity (Wildman–Crippen MR) is 99.3 cm³/mol. The Bertz CT molecular complexity index is 1090. The zero-order valence-corrected chi connectivity index (χ0v) is 16.3. The van der Waals surface area contributed by atoms with Crippen LogP contribution in [0.15, 0.2) is 41.9 Å². The van der Waals surface area contributed by atoms with Gasteiger partial charge in [-0.25, -0.2) is 13.1 Å². The van der Waals surface area contributed by atoms with Crippen molar-refractivity contribution in [2.45, 2.75) is 24.0 Å². The van der Waals surface area contributed by atoms with Crippen molar-refractivity contribution in [2.24, 2.45) is 7.05 Å². The highest BCUT2D eigenvalue weighted by atomic mass is 32.2. The molecule has 2 N–H and O–H groups in total. The Morgan fingerprint density at radius 1 is 1.41 bits per heavy atom. The first-order chi connectivity index (χ1) is 13.4. The molecule has 0 unspecified atom stereocenters. The summed E-state index contributed by atoms with van der Waals surface area (Å²) in [7, 11) is -2.54. The quantitative estimate of drug-likeness (QED) is 0.735. The zero-order chi connectivity index (χ0) is 21.6. The number of aromatic nitrogens is 1. The van der Waals surface area contributed by atoms with Gasteiger partial charge in [-0.1, -0.05) is 12.1 Å². The molecule has 11 heteroatoms. The lowest BCUT2D eigenvalue weighted by molar-refractivity contribution is -0.138. The molecular formula is C18H18F3N3O4S. The second-order valence-electron chi connectivity index (χ2n) is 6.54. The molecule has 0 radical (unpaired) electrons. The van der Waals surface area contributed by atoms with Crippen LogP contribution in [0.5, 0.6) is 5.75 Å². The molecule has 0 bridgehead atoms. The summed E-state index contributed by atoms with van der Waals surface area (Å²) in [6.45, 7) is 4.74. The van der Waals surface area contributed by atoms with E-state index in [2.05, 4.69) is 16.6 Å². The van der Waals surface area contributed by atoms with Crippen LogP contribution in [0.4, 0.5) is 18.9 Å². The molecule has 29 heavy (non-hydrogen) atoms. The highest BCUT2D eigenvalue weighted by molar-refractivity contribution is 7.89. The van der Waals surface area contributed by atoms with Gasteiger partial charge in [0.1, 0.15) is 11.5 Å². The molecule has 2 aromatic rings. The molecule has 156 valence electrons. The van der Waals surface area contributed by atoms with E-state index in [-0.39, 0.29) is 34.2 Å². The van der Waals surface area contributed by atoms with Crippen molar-refractivity contribution < 1.29 is 31.1 Å². The van der Waals surface area contributed by atoms with Crippen LogP contribution in [0.2, 0.25) is 0 Å². The Morgan fingerprint density at radius 2 is 2.10 bits per heavy atom. The number of hydrogen-bond donors (Lipinski definition) is 2. The number of anilines is 1. The lowest BCUT2D eigenvalue weighted by Crippen LogP contribution is -2.35. The first-order valence-corrected chi connectivity index (χ1v) is 9.88. The van der Waals surface area contributed by atoms with Crippen molar-refractivity contribution in [3.63, 3.8) is 0 Å². The molecule has 3 rings (SSSR count). The third-order valence-electron chi connectivity index (χ3n) is 4.41. The predicted octanol–water partition coefficient (Wildman–Crippen LogP) is 2.83. The molecule has 0 aliphatic carbocycles. The van der Waals surface area contributed by atoms with Crippen LogP contribution in [0.25, 0.3) is 0 Å². The highest BCUT2D eigenvalue weighted by Gasteiger charge is 2.35. The molecule has 7 nitrogen and oxygen atoms in total. The largest absolute Gasteiger partial charge is 0.488 e. The van der Waals surface area contributed by atoms with E-state index in [1.165, 1.54) is 42.9 Å². The van der Waals surface area contributed by atoms with Gasteiger partial charge in [0.15, 0.2) is 11.4 Å². The SMILES string of the molecule is C=C[C@@H]1COc2c(cn(C)c2C(=O)Nc2ccc(C)c(C(F)(F)F)c2)S(=O)(=O)N1. The van der Waals surface area contributed by atoms with E-state index in [1.54, 1.807) is 0 Å². The fraction of sp³-hybridized carbons (Fsp3) is 0.278. The van der Waals surface area contributed by atoms with Crippen molar-refractivity contribution in [3.8, 4) is 5.75 Å². The molecule has 0 fully saturated rings. The Hall–Kier alpha value is -2.79. The van der Waals surface area contributed by atoms with E-state index in [1.807, 2.05) is 0 Å². The molecule has 1 aromatic carbocycles. The maximum absolute atomic E-state index is 13.1. The van der Waals surface area contributed by atoms with Gasteiger partial charge in [0.25, 0.3) is 5.91 Å². The first kappa shape index (κ1) is 20.9. The van der Waals surface area contributed by atoms with Crippen LogP contribution in [0.3, 0.4) is 0 Å². The number of ether oxygens (including phenoxy) is 1. The molecule has 1 aliphatic heterocycles. The number of nitrogens with zero attached hydrogens (tertiary/aromatic N) is 1. The summed E-state index contributed by atoms with van der Waals surface area (Å²) >= 11 is 0. The van der Waals surface area contributed by atoms with E-state index in [9.17, 15) is 26.4 Å². The van der Waals surface area contributed by atoms with Crippen molar-refractivity contribution in [3.05, 3.63) is 53.9 Å². The van der Waals surface area contributed by atoms with Crippen LogP contribution in [0.1, 0.15) is 21.6 Å². The summed E-state index contributed by atoms with van der Waals surface area (Å²) in [4.78, 5) is 12.5. The van der Waals surface area contributed by atoms with Gasteiger partial charge in [0.2, 0.25) is 10.0 Å². The smallest absolute Gasteiger partial charge is 0.416 e. The summed E-state index contributed by atoms with van der Waals surface area (Å²) in [5.41, 5.74) is -1.08. The number of halogens is 3. The van der Waals surface area contributed by atoms with E-state index >= 15 is 0 Å². The van der Waals surface area contributed by atoms with Gasteiger partial charge >= 0.3 is 6.18 Å². The number of aryl methyl sites for hydroxylation is 2. The summed E-state index contributed by atoms with van der Waals surface area (Å²) < 4.78 is 73.5. The second-order valence-corrected chi connectivity index (χ2v) is 8.22. The van der Waals surface area contributed by atoms with Gasteiger partial charge in [-0.05, 0) is 24.6 Å². The third-order valence-corrected chi connectivity index (χ3v) is 5.89. The van der Waals surface area contributed by atoms with Crippen LogP contribution in [-0.4, -0.2) is 31.5 Å². The fourth-order valence-corrected chi connectivity index (χ4v) is 4.34. The summed E-state index contributed by atoms with van der Waals surface area (Å²) in [6, 6.07) is 2.70. The number of sulfonamides is 1. The maximum atomic E-state index is 13.1. The van der Waals surface area contributed by atoms with Crippen molar-refractivity contribution in [1.29, 1.82) is 0 Å². The lowest BCUT2D eigenvalue weighted by atomic mass is 10.1. The molecule has 1 atom stereocenters. The monoisotopic (exact) mass is 429 g/mol. The summed E-state index contributed by atoms with van der Waals surface area (Å²) in [6.07, 6.45) is -2.02. The summed E-state index contributed by atoms with van der Waals surface area (Å²) in [5, 5.41) is 2.37. The Morgan fingerprint density at radius 3 is 2.72 bits per heavy atom. The molecule has 2 heterocycles. The van der Waals surface area contributed by atoms with Gasteiger partial charge < -0.3 is 14.6 Å². The van der Waals surface area contributed by atoms with Gasteiger partial charge in [0.05, 0.1) is 11.6 Å². The molecule has 0 spiro atoms. The minimum absolute atomic E-state index is 0.0131. The second kappa shape index (κ2) is 7.23. The third kappa shape index (κ3) is 4.01. The highest BCUT2D eigenvalue weighted by Crippen LogP contribution is 2.35.